The maximum absolute atomic E-state index is 12.8. The molecule has 0 amide bonds. The van der Waals surface area contributed by atoms with Crippen molar-refractivity contribution in [2.24, 2.45) is 0 Å². The number of nitrogens with zero attached hydrogens (tertiary/aromatic N) is 3. The lowest BCUT2D eigenvalue weighted by atomic mass is 10.0. The minimum atomic E-state index is -3.56. The van der Waals surface area contributed by atoms with Gasteiger partial charge in [-0.05, 0) is 23.3 Å². The number of hydrogen-bond acceptors (Lipinski definition) is 5. The van der Waals surface area contributed by atoms with E-state index in [4.69, 9.17) is 11.6 Å². The normalized spacial score (nSPS) is 16.9. The smallest absolute Gasteiger partial charge is 0.226 e. The highest BCUT2D eigenvalue weighted by molar-refractivity contribution is 7.94. The second-order valence-electron chi connectivity index (χ2n) is 5.98. The number of rotatable bonds is 3. The number of anilines is 1. The summed E-state index contributed by atoms with van der Waals surface area (Å²) < 4.78 is 27.1. The van der Waals surface area contributed by atoms with Crippen LogP contribution in [-0.2, 0) is 9.84 Å². The van der Waals surface area contributed by atoms with Gasteiger partial charge in [-0.15, -0.1) is 0 Å². The summed E-state index contributed by atoms with van der Waals surface area (Å²) in [5.41, 5.74) is 2.03. The molecule has 0 bridgehead atoms. The van der Waals surface area contributed by atoms with Gasteiger partial charge < -0.3 is 5.32 Å². The van der Waals surface area contributed by atoms with Gasteiger partial charge in [-0.25, -0.2) is 13.1 Å². The van der Waals surface area contributed by atoms with Gasteiger partial charge in [0.05, 0.1) is 10.6 Å². The van der Waals surface area contributed by atoms with Crippen molar-refractivity contribution < 1.29 is 8.42 Å². The van der Waals surface area contributed by atoms with E-state index in [0.717, 1.165) is 11.1 Å². The maximum atomic E-state index is 12.8. The third kappa shape index (κ3) is 2.89. The lowest BCUT2D eigenvalue weighted by Gasteiger charge is -2.29. The summed E-state index contributed by atoms with van der Waals surface area (Å²) in [5, 5.41) is 7.94. The Bertz CT molecular complexity index is 1090. The van der Waals surface area contributed by atoms with Crippen molar-refractivity contribution in [3.05, 3.63) is 82.0 Å². The molecular weight excluding hydrogens is 372 g/mol. The number of nitrogens with one attached hydrogen (secondary N) is 1. The number of benzene rings is 2. The van der Waals surface area contributed by atoms with Crippen molar-refractivity contribution in [2.75, 3.05) is 11.6 Å². The van der Waals surface area contributed by atoms with Crippen molar-refractivity contribution in [2.45, 2.75) is 6.04 Å². The van der Waals surface area contributed by atoms with Crippen LogP contribution < -0.4 is 5.32 Å². The monoisotopic (exact) mass is 386 g/mol. The van der Waals surface area contributed by atoms with Crippen LogP contribution in [0.4, 0.5) is 5.95 Å². The Balaban J connectivity index is 2.02. The summed E-state index contributed by atoms with van der Waals surface area (Å²) in [7, 11) is -3.56. The van der Waals surface area contributed by atoms with Gasteiger partial charge in [0.1, 0.15) is 12.4 Å². The zero-order valence-corrected chi connectivity index (χ0v) is 15.4. The molecular formula is C18H15ClN4O2S. The van der Waals surface area contributed by atoms with E-state index in [1.165, 1.54) is 12.6 Å². The number of sulfone groups is 1. The fourth-order valence-corrected chi connectivity index (χ4v) is 4.40. The van der Waals surface area contributed by atoms with Crippen molar-refractivity contribution >= 4 is 33.1 Å². The third-order valence-corrected chi connectivity index (χ3v) is 5.68. The molecule has 1 aromatic heterocycles. The molecule has 4 rings (SSSR count). The molecule has 3 aromatic rings. The predicted molar refractivity (Wildman–Crippen MR) is 101 cm³/mol. The van der Waals surface area contributed by atoms with Crippen molar-refractivity contribution in [1.82, 2.24) is 14.8 Å². The van der Waals surface area contributed by atoms with Crippen molar-refractivity contribution in [3.8, 4) is 0 Å². The zero-order chi connectivity index (χ0) is 18.3. The van der Waals surface area contributed by atoms with E-state index in [1.54, 1.807) is 28.9 Å². The standard InChI is InChI=1S/C18H15ClN4O2S/c1-26(24,25)17-15(12-5-3-2-4-6-12)22-18-20-11-21-23(18)16(17)13-7-9-14(19)10-8-13/h2-11,16H,1H3,(H,20,21,22). The summed E-state index contributed by atoms with van der Waals surface area (Å²) in [4.78, 5) is 4.47. The molecule has 0 radical (unpaired) electrons. The summed E-state index contributed by atoms with van der Waals surface area (Å²) in [5.74, 6) is 0.483. The third-order valence-electron chi connectivity index (χ3n) is 4.20. The number of aromatic nitrogens is 3. The van der Waals surface area contributed by atoms with Crippen LogP contribution in [0.25, 0.3) is 5.70 Å². The molecule has 8 heteroatoms. The summed E-state index contributed by atoms with van der Waals surface area (Å²) in [6.07, 6.45) is 2.61. The molecule has 6 nitrogen and oxygen atoms in total. The molecule has 26 heavy (non-hydrogen) atoms. The van der Waals surface area contributed by atoms with Crippen LogP contribution in [0.3, 0.4) is 0 Å². The van der Waals surface area contributed by atoms with Crippen LogP contribution in [-0.4, -0.2) is 29.4 Å². The van der Waals surface area contributed by atoms with Gasteiger partial charge in [-0.2, -0.15) is 10.1 Å². The first-order valence-electron chi connectivity index (χ1n) is 7.87. The fraction of sp³-hybridized carbons (Fsp3) is 0.111. The molecule has 0 spiro atoms. The van der Waals surface area contributed by atoms with Gasteiger partial charge in [0.15, 0.2) is 9.84 Å². The lowest BCUT2D eigenvalue weighted by Crippen LogP contribution is -2.28. The van der Waals surface area contributed by atoms with Gasteiger partial charge in [0.2, 0.25) is 5.95 Å². The summed E-state index contributed by atoms with van der Waals surface area (Å²) in [6, 6.07) is 15.8. The Morgan fingerprint density at radius 2 is 1.77 bits per heavy atom. The maximum Gasteiger partial charge on any atom is 0.226 e. The highest BCUT2D eigenvalue weighted by atomic mass is 35.5. The Morgan fingerprint density at radius 3 is 2.42 bits per heavy atom. The second-order valence-corrected chi connectivity index (χ2v) is 8.41. The van der Waals surface area contributed by atoms with Gasteiger partial charge in [0.25, 0.3) is 0 Å². The van der Waals surface area contributed by atoms with E-state index in [2.05, 4.69) is 15.4 Å². The van der Waals surface area contributed by atoms with Gasteiger partial charge in [-0.1, -0.05) is 54.1 Å². The Hall–Kier alpha value is -2.64. The van der Waals surface area contributed by atoms with Gasteiger partial charge in [-0.3, -0.25) is 0 Å². The average molecular weight is 387 g/mol. The van der Waals surface area contributed by atoms with E-state index < -0.39 is 15.9 Å². The van der Waals surface area contributed by atoms with E-state index in [0.29, 0.717) is 16.7 Å². The summed E-state index contributed by atoms with van der Waals surface area (Å²) >= 11 is 6.00. The largest absolute Gasteiger partial charge is 0.323 e. The number of allylic oxidation sites excluding steroid dienone is 1. The van der Waals surface area contributed by atoms with E-state index in [1.807, 2.05) is 30.3 Å². The first kappa shape index (κ1) is 16.8. The minimum absolute atomic E-state index is 0.240. The second kappa shape index (κ2) is 6.26. The molecule has 1 unspecified atom stereocenters. The molecule has 0 aliphatic carbocycles. The average Bonchev–Trinajstić information content (AvgIpc) is 3.09. The molecule has 1 aliphatic heterocycles. The minimum Gasteiger partial charge on any atom is -0.323 e. The molecule has 1 atom stereocenters. The Morgan fingerprint density at radius 1 is 1.08 bits per heavy atom. The topological polar surface area (TPSA) is 76.9 Å². The first-order valence-corrected chi connectivity index (χ1v) is 10.1. The highest BCUT2D eigenvalue weighted by Crippen LogP contribution is 2.40. The number of fused-ring (bicyclic) bond motifs is 1. The van der Waals surface area contributed by atoms with E-state index in [-0.39, 0.29) is 4.91 Å². The fourth-order valence-electron chi connectivity index (χ4n) is 3.09. The highest BCUT2D eigenvalue weighted by Gasteiger charge is 2.36. The number of halogens is 1. The van der Waals surface area contributed by atoms with Crippen LogP contribution in [0.1, 0.15) is 17.2 Å². The van der Waals surface area contributed by atoms with Crippen LogP contribution in [0.2, 0.25) is 5.02 Å². The molecule has 0 saturated heterocycles. The van der Waals surface area contributed by atoms with Crippen LogP contribution in [0, 0.1) is 0 Å². The summed E-state index contributed by atoms with van der Waals surface area (Å²) in [6.45, 7) is 0. The first-order chi connectivity index (χ1) is 12.4. The molecule has 1 aliphatic rings. The predicted octanol–water partition coefficient (Wildman–Crippen LogP) is 3.36. The zero-order valence-electron chi connectivity index (χ0n) is 13.8. The quantitative estimate of drug-likeness (QED) is 0.746. The van der Waals surface area contributed by atoms with Crippen molar-refractivity contribution in [3.63, 3.8) is 0 Å². The molecule has 2 aromatic carbocycles. The molecule has 0 fully saturated rings. The SMILES string of the molecule is CS(=O)(=O)C1=C(c2ccccc2)Nc2ncnn2C1c1ccc(Cl)cc1. The number of hydrogen-bond donors (Lipinski definition) is 1. The van der Waals surface area contributed by atoms with Crippen LogP contribution in [0.15, 0.2) is 65.8 Å². The van der Waals surface area contributed by atoms with Crippen molar-refractivity contribution in [1.29, 1.82) is 0 Å². The molecule has 1 N–H and O–H groups in total. The lowest BCUT2D eigenvalue weighted by molar-refractivity contribution is 0.573. The van der Waals surface area contributed by atoms with Crippen LogP contribution in [0.5, 0.6) is 0 Å². The van der Waals surface area contributed by atoms with E-state index in [9.17, 15) is 8.42 Å². The van der Waals surface area contributed by atoms with E-state index >= 15 is 0 Å². The Labute approximate surface area is 156 Å². The molecule has 2 heterocycles. The van der Waals surface area contributed by atoms with Gasteiger partial charge >= 0.3 is 0 Å². The Kier molecular flexibility index (Phi) is 4.05. The molecule has 132 valence electrons. The van der Waals surface area contributed by atoms with Crippen LogP contribution >= 0.6 is 11.6 Å². The molecule has 0 saturated carbocycles. The van der Waals surface area contributed by atoms with Gasteiger partial charge in [0, 0.05) is 11.3 Å².